The Balaban J connectivity index is 1.39. The van der Waals surface area contributed by atoms with Crippen molar-refractivity contribution in [1.82, 2.24) is 10.6 Å². The number of ether oxygens (including phenoxy) is 2. The molecule has 68 heavy (non-hydrogen) atoms. The fourth-order valence-corrected chi connectivity index (χ4v) is 12.5. The summed E-state index contributed by atoms with van der Waals surface area (Å²) in [6.07, 6.45) is 18.3. The Bertz CT molecular complexity index is 2130. The molecule has 7 N–H and O–H groups in total. The minimum Gasteiger partial charge on any atom is -0.396 e. The molecule has 2 aromatic rings. The first-order valence-corrected chi connectivity index (χ1v) is 25.2. The van der Waals surface area contributed by atoms with Crippen LogP contribution in [-0.2, 0) is 27.1 Å². The van der Waals surface area contributed by atoms with Crippen LogP contribution in [-0.4, -0.2) is 115 Å². The maximum atomic E-state index is 13.1. The molecule has 4 bridgehead atoms. The van der Waals surface area contributed by atoms with Gasteiger partial charge in [-0.1, -0.05) is 114 Å². The number of hydrogen-bond acceptors (Lipinski definition) is 10. The zero-order valence-corrected chi connectivity index (χ0v) is 41.5. The van der Waals surface area contributed by atoms with Crippen molar-refractivity contribution in [3.8, 4) is 0 Å². The van der Waals surface area contributed by atoms with Crippen LogP contribution < -0.4 is 10.6 Å². The zero-order valence-electron chi connectivity index (χ0n) is 41.5. The van der Waals surface area contributed by atoms with Crippen LogP contribution in [0, 0.1) is 35.0 Å². The van der Waals surface area contributed by atoms with Gasteiger partial charge in [0, 0.05) is 49.7 Å². The lowest BCUT2D eigenvalue weighted by molar-refractivity contribution is -0.194. The van der Waals surface area contributed by atoms with Crippen LogP contribution in [0.15, 0.2) is 125 Å². The van der Waals surface area contributed by atoms with E-state index in [9.17, 15) is 30.3 Å². The van der Waals surface area contributed by atoms with Gasteiger partial charge in [-0.25, -0.2) is 0 Å². The summed E-state index contributed by atoms with van der Waals surface area (Å²) in [5.41, 5.74) is 6.09. The van der Waals surface area contributed by atoms with E-state index < -0.39 is 35.7 Å². The summed E-state index contributed by atoms with van der Waals surface area (Å²) < 4.78 is 11.6. The Morgan fingerprint density at radius 1 is 1.07 bits per heavy atom. The fraction of sp³-hybridized carbons (Fsp3) is 0.569. The van der Waals surface area contributed by atoms with E-state index in [1.165, 1.54) is 22.3 Å². The summed E-state index contributed by atoms with van der Waals surface area (Å²) in [6, 6.07) is 19.8. The molecule has 2 aromatic carbocycles. The molecule has 372 valence electrons. The van der Waals surface area contributed by atoms with E-state index in [1.54, 1.807) is 7.11 Å². The second-order valence-corrected chi connectivity index (χ2v) is 20.8. The second kappa shape index (κ2) is 24.8. The van der Waals surface area contributed by atoms with Crippen molar-refractivity contribution in [1.29, 1.82) is 0 Å². The first kappa shape index (κ1) is 53.5. The van der Waals surface area contributed by atoms with Crippen molar-refractivity contribution in [2.24, 2.45) is 35.0 Å². The highest BCUT2D eigenvalue weighted by atomic mass is 16.5. The number of fused-ring (bicyclic) bond motifs is 5. The number of hydrogen-bond donors (Lipinski definition) is 7. The third-order valence-electron chi connectivity index (χ3n) is 16.2. The van der Waals surface area contributed by atoms with Crippen LogP contribution >= 0.6 is 0 Å². The number of methoxy groups -OCH3 is 1. The van der Waals surface area contributed by atoms with Gasteiger partial charge in [0.25, 0.3) is 0 Å². The van der Waals surface area contributed by atoms with Crippen LogP contribution in [0.2, 0.25) is 0 Å². The predicted molar refractivity (Wildman–Crippen MR) is 272 cm³/mol. The number of aliphatic hydroxyl groups excluding tert-OH is 4. The monoisotopic (exact) mass is 935 g/mol. The number of aryl methyl sites for hydroxylation is 1. The number of carbonyl (C=O) groups is 1. The highest BCUT2D eigenvalue weighted by molar-refractivity contribution is 5.74. The summed E-state index contributed by atoms with van der Waals surface area (Å²) in [5.74, 6) is -0.896. The third kappa shape index (κ3) is 12.4. The topological polar surface area (TPSA) is 161 Å². The summed E-state index contributed by atoms with van der Waals surface area (Å²) in [6.45, 7) is 12.6. The average Bonchev–Trinajstić information content (AvgIpc) is 3.69. The van der Waals surface area contributed by atoms with E-state index in [2.05, 4.69) is 103 Å². The molecule has 1 aliphatic heterocycles. The summed E-state index contributed by atoms with van der Waals surface area (Å²) in [5, 5.41) is 63.6. The molecule has 4 aliphatic rings. The maximum Gasteiger partial charge on any atom is 0.145 e. The molecule has 10 heteroatoms. The predicted octanol–water partition coefficient (Wildman–Crippen LogP) is 7.52. The van der Waals surface area contributed by atoms with Gasteiger partial charge in [0.1, 0.15) is 12.4 Å². The highest BCUT2D eigenvalue weighted by Crippen LogP contribution is 2.67. The van der Waals surface area contributed by atoms with E-state index in [0.717, 1.165) is 61.7 Å². The SMILES string of the molecule is C=C(/C=C/C=C(/COC[C@H](O)CO)[C@@H]1CC[C@]2([C@@H]1O)[C@@H]1C(=C(C)C=O)[C@@H](C=C[C@H]1CCO)C[C@]2(O)CCNC)[C@@H]1C/C=C(\C)CN[C@](C)(CCOC)Cc2cccc(c2)[C@H]1CCc1ccccc1. The summed E-state index contributed by atoms with van der Waals surface area (Å²) in [4.78, 5) is 12.6. The first-order valence-electron chi connectivity index (χ1n) is 25.2. The molecule has 0 amide bonds. The molecule has 0 radical (unpaired) electrons. The van der Waals surface area contributed by atoms with Crippen molar-refractivity contribution in [3.63, 3.8) is 0 Å². The molecule has 0 saturated heterocycles. The lowest BCUT2D eigenvalue weighted by Gasteiger charge is -2.61. The Morgan fingerprint density at radius 3 is 2.59 bits per heavy atom. The molecular weight excluding hydrogens is 853 g/mol. The molecule has 11 atom stereocenters. The van der Waals surface area contributed by atoms with Crippen LogP contribution in [0.4, 0.5) is 0 Å². The molecule has 2 fully saturated rings. The molecule has 1 spiro atoms. The van der Waals surface area contributed by atoms with E-state index >= 15 is 0 Å². The van der Waals surface area contributed by atoms with Crippen molar-refractivity contribution < 1.29 is 39.8 Å². The Labute approximate surface area is 407 Å². The number of aliphatic hydroxyl groups is 5. The summed E-state index contributed by atoms with van der Waals surface area (Å²) >= 11 is 0. The Hall–Kier alpha value is -3.81. The van der Waals surface area contributed by atoms with Crippen molar-refractivity contribution in [3.05, 3.63) is 142 Å². The van der Waals surface area contributed by atoms with E-state index in [4.69, 9.17) is 16.1 Å². The molecule has 0 aromatic heterocycles. The van der Waals surface area contributed by atoms with Gasteiger partial charge in [-0.2, -0.15) is 0 Å². The largest absolute Gasteiger partial charge is 0.396 e. The van der Waals surface area contributed by atoms with Gasteiger partial charge in [0.2, 0.25) is 0 Å². The van der Waals surface area contributed by atoms with Gasteiger partial charge >= 0.3 is 0 Å². The smallest absolute Gasteiger partial charge is 0.145 e. The maximum absolute atomic E-state index is 13.1. The van der Waals surface area contributed by atoms with Gasteiger partial charge in [-0.05, 0) is 150 Å². The third-order valence-corrected chi connectivity index (χ3v) is 16.2. The van der Waals surface area contributed by atoms with Crippen LogP contribution in [0.5, 0.6) is 0 Å². The van der Waals surface area contributed by atoms with Crippen LogP contribution in [0.25, 0.3) is 0 Å². The van der Waals surface area contributed by atoms with E-state index in [0.29, 0.717) is 50.8 Å². The lowest BCUT2D eigenvalue weighted by atomic mass is 9.45. The Kier molecular flexibility index (Phi) is 19.6. The van der Waals surface area contributed by atoms with Gasteiger partial charge in [0.05, 0.1) is 31.5 Å². The molecule has 2 saturated carbocycles. The van der Waals surface area contributed by atoms with Crippen molar-refractivity contribution in [2.45, 2.75) is 114 Å². The Morgan fingerprint density at radius 2 is 1.87 bits per heavy atom. The van der Waals surface area contributed by atoms with Gasteiger partial charge in [-0.15, -0.1) is 0 Å². The minimum absolute atomic E-state index is 0.0604. The number of carbonyl (C=O) groups excluding carboxylic acids is 1. The number of benzene rings is 2. The van der Waals surface area contributed by atoms with Crippen molar-refractivity contribution >= 4 is 6.29 Å². The normalized spacial score (nSPS) is 32.9. The first-order chi connectivity index (χ1) is 32.8. The van der Waals surface area contributed by atoms with Crippen molar-refractivity contribution in [2.75, 3.05) is 60.3 Å². The fourth-order valence-electron chi connectivity index (χ4n) is 12.5. The molecule has 6 rings (SSSR count). The zero-order chi connectivity index (χ0) is 48.9. The summed E-state index contributed by atoms with van der Waals surface area (Å²) in [7, 11) is 3.63. The quantitative estimate of drug-likeness (QED) is 0.0289. The van der Waals surface area contributed by atoms with Crippen LogP contribution in [0.1, 0.15) is 94.7 Å². The minimum atomic E-state index is -1.28. The van der Waals surface area contributed by atoms with Gasteiger partial charge in [-0.3, -0.25) is 4.79 Å². The second-order valence-electron chi connectivity index (χ2n) is 20.8. The number of aldehydes is 1. The molecule has 0 unspecified atom stereocenters. The number of allylic oxidation sites excluding steroid dienone is 9. The molecule has 1 heterocycles. The highest BCUT2D eigenvalue weighted by Gasteiger charge is 2.68. The van der Waals surface area contributed by atoms with E-state index in [1.807, 2.05) is 26.1 Å². The van der Waals surface area contributed by atoms with E-state index in [-0.39, 0.29) is 54.9 Å². The van der Waals surface area contributed by atoms with Gasteiger partial charge in [0.15, 0.2) is 0 Å². The molecular formula is C58H82N2O8. The average molecular weight is 935 g/mol. The number of rotatable bonds is 21. The van der Waals surface area contributed by atoms with Crippen LogP contribution in [0.3, 0.4) is 0 Å². The number of nitrogens with one attached hydrogen (secondary N) is 2. The molecule has 10 nitrogen and oxygen atoms in total. The van der Waals surface area contributed by atoms with Gasteiger partial charge < -0.3 is 45.6 Å². The standard InChI is InChI=1S/C58H82N2O8/c1-40-18-22-50(51(23-19-43-13-8-7-9-14-43)46-16-11-15-44(32-46)33-56(4,60-35-40)28-31-67-6)41(2)12-10-17-48(38-68-39-49(64)37-63)52-24-26-58(55(52)65)54-45(25-30-61)20-21-47(53(54)42(3)36-62)34-57(58,66)27-29-59-5/h7-18,20-21,32,36,45,47,49-52,54-55,59-61,63-66H,2,19,22-31,33-35,37-39H2,1,3-6H3/b12-10+,40-18+,48-17-,53-42?/t45-,47-,49+,50-,51+,52-,54-,55+,56+,57+,58+/m0/s1. The lowest BCUT2D eigenvalue weighted by Crippen LogP contribution is -2.65. The molecule has 3 aliphatic carbocycles.